The Bertz CT molecular complexity index is 316. The lowest BCUT2D eigenvalue weighted by atomic mass is 10.2. The SMILES string of the molecule is CCC(C)N(C)c1ncnc(N)c1Br. The van der Waals surface area contributed by atoms with E-state index in [9.17, 15) is 0 Å². The third-order valence-corrected chi connectivity index (χ3v) is 3.14. The Morgan fingerprint density at radius 2 is 2.21 bits per heavy atom. The average Bonchev–Trinajstić information content (AvgIpc) is 2.20. The van der Waals surface area contributed by atoms with Crippen LogP contribution in [0.3, 0.4) is 0 Å². The van der Waals surface area contributed by atoms with E-state index in [2.05, 4.69) is 44.6 Å². The summed E-state index contributed by atoms with van der Waals surface area (Å²) in [6.45, 7) is 4.28. The van der Waals surface area contributed by atoms with E-state index in [1.165, 1.54) is 6.33 Å². The lowest BCUT2D eigenvalue weighted by molar-refractivity contribution is 0.655. The summed E-state index contributed by atoms with van der Waals surface area (Å²) in [7, 11) is 2.00. The van der Waals surface area contributed by atoms with E-state index >= 15 is 0 Å². The fraction of sp³-hybridized carbons (Fsp3) is 0.556. The molecule has 0 spiro atoms. The van der Waals surface area contributed by atoms with E-state index in [1.807, 2.05) is 7.05 Å². The van der Waals surface area contributed by atoms with Crippen LogP contribution in [0.25, 0.3) is 0 Å². The first-order valence-electron chi connectivity index (χ1n) is 4.56. The molecule has 1 heterocycles. The molecule has 2 N–H and O–H groups in total. The van der Waals surface area contributed by atoms with Crippen LogP contribution in [0, 0.1) is 0 Å². The van der Waals surface area contributed by atoms with Crippen molar-refractivity contribution in [2.24, 2.45) is 0 Å². The minimum absolute atomic E-state index is 0.431. The fourth-order valence-electron chi connectivity index (χ4n) is 1.10. The monoisotopic (exact) mass is 258 g/mol. The number of nitrogen functional groups attached to an aromatic ring is 1. The Morgan fingerprint density at radius 3 is 2.79 bits per heavy atom. The van der Waals surface area contributed by atoms with Crippen molar-refractivity contribution < 1.29 is 0 Å². The predicted octanol–water partition coefficient (Wildman–Crippen LogP) is 2.06. The van der Waals surface area contributed by atoms with Crippen molar-refractivity contribution in [2.45, 2.75) is 26.3 Å². The Balaban J connectivity index is 3.01. The molecule has 0 aliphatic carbocycles. The molecule has 1 unspecified atom stereocenters. The first kappa shape index (κ1) is 11.2. The zero-order valence-corrected chi connectivity index (χ0v) is 10.2. The average molecular weight is 259 g/mol. The van der Waals surface area contributed by atoms with Gasteiger partial charge in [0, 0.05) is 13.1 Å². The molecule has 0 fully saturated rings. The zero-order chi connectivity index (χ0) is 10.7. The highest BCUT2D eigenvalue weighted by Crippen LogP contribution is 2.27. The van der Waals surface area contributed by atoms with Gasteiger partial charge >= 0.3 is 0 Å². The van der Waals surface area contributed by atoms with Gasteiger partial charge in [-0.2, -0.15) is 0 Å². The molecule has 1 rings (SSSR count). The van der Waals surface area contributed by atoms with Crippen LogP contribution in [0.1, 0.15) is 20.3 Å². The van der Waals surface area contributed by atoms with Gasteiger partial charge in [0.05, 0.1) is 0 Å². The number of hydrogen-bond donors (Lipinski definition) is 1. The second-order valence-corrected chi connectivity index (χ2v) is 4.06. The number of halogens is 1. The van der Waals surface area contributed by atoms with E-state index in [4.69, 9.17) is 5.73 Å². The van der Waals surface area contributed by atoms with Gasteiger partial charge in [0.15, 0.2) is 0 Å². The topological polar surface area (TPSA) is 55.0 Å². The van der Waals surface area contributed by atoms with Crippen LogP contribution in [0.15, 0.2) is 10.8 Å². The molecule has 4 nitrogen and oxygen atoms in total. The van der Waals surface area contributed by atoms with Gasteiger partial charge in [-0.25, -0.2) is 9.97 Å². The summed E-state index contributed by atoms with van der Waals surface area (Å²) in [4.78, 5) is 10.2. The molecule has 0 saturated carbocycles. The summed E-state index contributed by atoms with van der Waals surface area (Å²) < 4.78 is 0.766. The first-order chi connectivity index (χ1) is 6.57. The molecule has 0 saturated heterocycles. The maximum atomic E-state index is 5.68. The van der Waals surface area contributed by atoms with Crippen molar-refractivity contribution in [3.05, 3.63) is 10.8 Å². The van der Waals surface area contributed by atoms with Crippen LogP contribution < -0.4 is 10.6 Å². The summed E-state index contributed by atoms with van der Waals surface area (Å²) in [6.07, 6.45) is 2.54. The van der Waals surface area contributed by atoms with Crippen molar-refractivity contribution in [3.8, 4) is 0 Å². The number of anilines is 2. The van der Waals surface area contributed by atoms with Gasteiger partial charge in [0.2, 0.25) is 0 Å². The number of nitrogens with zero attached hydrogens (tertiary/aromatic N) is 3. The third kappa shape index (κ3) is 2.15. The normalized spacial score (nSPS) is 12.6. The van der Waals surface area contributed by atoms with Crippen LogP contribution >= 0.6 is 15.9 Å². The smallest absolute Gasteiger partial charge is 0.148 e. The van der Waals surface area contributed by atoms with Crippen LogP contribution in [0.4, 0.5) is 11.6 Å². The Hall–Kier alpha value is -0.840. The van der Waals surface area contributed by atoms with Gasteiger partial charge < -0.3 is 10.6 Å². The quantitative estimate of drug-likeness (QED) is 0.902. The third-order valence-electron chi connectivity index (χ3n) is 2.38. The van der Waals surface area contributed by atoms with Gasteiger partial charge in [-0.3, -0.25) is 0 Å². The number of hydrogen-bond acceptors (Lipinski definition) is 4. The molecule has 5 heteroatoms. The summed E-state index contributed by atoms with van der Waals surface area (Å²) in [5, 5.41) is 0. The van der Waals surface area contributed by atoms with E-state index in [1.54, 1.807) is 0 Å². The van der Waals surface area contributed by atoms with E-state index in [0.717, 1.165) is 16.7 Å². The Labute approximate surface area is 92.7 Å². The molecule has 0 amide bonds. The summed E-state index contributed by atoms with van der Waals surface area (Å²) >= 11 is 3.39. The molecule has 14 heavy (non-hydrogen) atoms. The highest BCUT2D eigenvalue weighted by molar-refractivity contribution is 9.10. The number of aromatic nitrogens is 2. The van der Waals surface area contributed by atoms with Gasteiger partial charge in [0.1, 0.15) is 22.4 Å². The summed E-state index contributed by atoms with van der Waals surface area (Å²) in [5.41, 5.74) is 5.68. The minimum Gasteiger partial charge on any atom is -0.383 e. The van der Waals surface area contributed by atoms with Gasteiger partial charge in [-0.05, 0) is 29.3 Å². The van der Waals surface area contributed by atoms with Crippen LogP contribution in [-0.2, 0) is 0 Å². The minimum atomic E-state index is 0.431. The van der Waals surface area contributed by atoms with Crippen molar-refractivity contribution in [1.29, 1.82) is 0 Å². The van der Waals surface area contributed by atoms with Crippen molar-refractivity contribution >= 4 is 27.6 Å². The van der Waals surface area contributed by atoms with Crippen LogP contribution in [0.5, 0.6) is 0 Å². The molecule has 0 radical (unpaired) electrons. The first-order valence-corrected chi connectivity index (χ1v) is 5.36. The largest absolute Gasteiger partial charge is 0.383 e. The lowest BCUT2D eigenvalue weighted by Crippen LogP contribution is -2.29. The second-order valence-electron chi connectivity index (χ2n) is 3.26. The van der Waals surface area contributed by atoms with E-state index in [0.29, 0.717) is 11.9 Å². The number of rotatable bonds is 3. The summed E-state index contributed by atoms with van der Waals surface area (Å²) in [5.74, 6) is 1.32. The molecule has 0 aromatic carbocycles. The molecule has 78 valence electrons. The number of nitrogens with two attached hydrogens (primary N) is 1. The van der Waals surface area contributed by atoms with E-state index in [-0.39, 0.29) is 0 Å². The molecule has 1 aromatic rings. The maximum Gasteiger partial charge on any atom is 0.148 e. The molecule has 1 atom stereocenters. The highest BCUT2D eigenvalue weighted by Gasteiger charge is 2.14. The fourth-order valence-corrected chi connectivity index (χ4v) is 1.59. The van der Waals surface area contributed by atoms with Gasteiger partial charge in [-0.1, -0.05) is 6.92 Å². The van der Waals surface area contributed by atoms with Crippen LogP contribution in [-0.4, -0.2) is 23.1 Å². The van der Waals surface area contributed by atoms with Crippen molar-refractivity contribution in [2.75, 3.05) is 17.7 Å². The van der Waals surface area contributed by atoms with Gasteiger partial charge in [-0.15, -0.1) is 0 Å². The molecular formula is C9H15BrN4. The molecule has 0 aliphatic heterocycles. The standard InChI is InChI=1S/C9H15BrN4/c1-4-6(2)14(3)9-7(10)8(11)12-5-13-9/h5-6H,4H2,1-3H3,(H2,11,12,13). The second kappa shape index (κ2) is 4.59. The maximum absolute atomic E-state index is 5.68. The molecule has 0 aliphatic rings. The van der Waals surface area contributed by atoms with Crippen molar-refractivity contribution in [3.63, 3.8) is 0 Å². The Morgan fingerprint density at radius 1 is 1.57 bits per heavy atom. The molecule has 0 bridgehead atoms. The van der Waals surface area contributed by atoms with E-state index < -0.39 is 0 Å². The Kier molecular flexibility index (Phi) is 3.69. The molecular weight excluding hydrogens is 244 g/mol. The summed E-state index contributed by atoms with van der Waals surface area (Å²) in [6, 6.07) is 0.431. The zero-order valence-electron chi connectivity index (χ0n) is 8.66. The predicted molar refractivity (Wildman–Crippen MR) is 62.3 cm³/mol. The highest BCUT2D eigenvalue weighted by atomic mass is 79.9. The molecule has 1 aromatic heterocycles. The van der Waals surface area contributed by atoms with Crippen LogP contribution in [0.2, 0.25) is 0 Å². The van der Waals surface area contributed by atoms with Gasteiger partial charge in [0.25, 0.3) is 0 Å². The lowest BCUT2D eigenvalue weighted by Gasteiger charge is -2.25. The van der Waals surface area contributed by atoms with Crippen molar-refractivity contribution in [1.82, 2.24) is 9.97 Å².